The monoisotopic (exact) mass is 283 g/mol. The van der Waals surface area contributed by atoms with Crippen LogP contribution in [0, 0.1) is 5.92 Å². The smallest absolute Gasteiger partial charge is 0.255 e. The van der Waals surface area contributed by atoms with E-state index in [9.17, 15) is 9.59 Å². The van der Waals surface area contributed by atoms with Crippen LogP contribution in [0.5, 0.6) is 0 Å². The minimum absolute atomic E-state index is 0.125. The summed E-state index contributed by atoms with van der Waals surface area (Å²) < 4.78 is 0. The van der Waals surface area contributed by atoms with Crippen molar-refractivity contribution in [1.82, 2.24) is 15.6 Å². The molecule has 0 aliphatic heterocycles. The fourth-order valence-electron chi connectivity index (χ4n) is 1.67. The summed E-state index contributed by atoms with van der Waals surface area (Å²) in [6, 6.07) is 2.62. The van der Waals surface area contributed by atoms with Crippen LogP contribution >= 0.6 is 11.6 Å². The van der Waals surface area contributed by atoms with Gasteiger partial charge >= 0.3 is 0 Å². The van der Waals surface area contributed by atoms with Gasteiger partial charge in [-0.3, -0.25) is 9.59 Å². The molecule has 0 radical (unpaired) electrons. The zero-order chi connectivity index (χ0) is 14.4. The number of nitrogens with zero attached hydrogens (tertiary/aromatic N) is 1. The highest BCUT2D eigenvalue weighted by atomic mass is 35.5. The van der Waals surface area contributed by atoms with E-state index < -0.39 is 11.9 Å². The predicted molar refractivity (Wildman–Crippen MR) is 74.0 cm³/mol. The van der Waals surface area contributed by atoms with Crippen molar-refractivity contribution in [2.24, 2.45) is 5.92 Å². The summed E-state index contributed by atoms with van der Waals surface area (Å²) in [5.74, 6) is -0.332. The zero-order valence-corrected chi connectivity index (χ0v) is 12.0. The van der Waals surface area contributed by atoms with Gasteiger partial charge in [-0.15, -0.1) is 0 Å². The molecule has 0 aliphatic rings. The predicted octanol–water partition coefficient (Wildman–Crippen LogP) is 1.63. The van der Waals surface area contributed by atoms with Crippen molar-refractivity contribution in [1.29, 1.82) is 0 Å². The lowest BCUT2D eigenvalue weighted by Crippen LogP contribution is -2.46. The van der Waals surface area contributed by atoms with Crippen LogP contribution in [-0.2, 0) is 4.79 Å². The molecule has 0 saturated carbocycles. The largest absolute Gasteiger partial charge is 0.357 e. The van der Waals surface area contributed by atoms with Gasteiger partial charge in [-0.05, 0) is 24.5 Å². The van der Waals surface area contributed by atoms with Crippen LogP contribution in [0.25, 0.3) is 0 Å². The van der Waals surface area contributed by atoms with Gasteiger partial charge in [0.05, 0.1) is 5.56 Å². The SMILES string of the molecule is CNC(=O)C(CC(C)C)NC(=O)c1cccnc1Cl. The minimum atomic E-state index is -0.575. The number of hydrogen-bond donors (Lipinski definition) is 2. The molecule has 104 valence electrons. The van der Waals surface area contributed by atoms with Crippen molar-refractivity contribution < 1.29 is 9.59 Å². The van der Waals surface area contributed by atoms with Gasteiger partial charge in [0.15, 0.2) is 0 Å². The molecule has 0 fully saturated rings. The number of hydrogen-bond acceptors (Lipinski definition) is 3. The number of rotatable bonds is 5. The molecule has 1 aromatic rings. The van der Waals surface area contributed by atoms with Crippen LogP contribution in [0.2, 0.25) is 5.15 Å². The van der Waals surface area contributed by atoms with Gasteiger partial charge in [0.1, 0.15) is 11.2 Å². The zero-order valence-electron chi connectivity index (χ0n) is 11.2. The van der Waals surface area contributed by atoms with Crippen molar-refractivity contribution in [3.05, 3.63) is 29.0 Å². The lowest BCUT2D eigenvalue weighted by Gasteiger charge is -2.19. The van der Waals surface area contributed by atoms with Gasteiger partial charge in [-0.25, -0.2) is 4.98 Å². The average molecular weight is 284 g/mol. The standard InChI is InChI=1S/C13H18ClN3O2/c1-8(2)7-10(13(19)15-3)17-12(18)9-5-4-6-16-11(9)14/h4-6,8,10H,7H2,1-3H3,(H,15,19)(H,17,18). The second kappa shape index (κ2) is 7.09. The summed E-state index contributed by atoms with van der Waals surface area (Å²) in [6.45, 7) is 3.97. The second-order valence-electron chi connectivity index (χ2n) is 4.61. The van der Waals surface area contributed by atoms with Crippen LogP contribution in [-0.4, -0.2) is 29.9 Å². The van der Waals surface area contributed by atoms with Crippen molar-refractivity contribution in [3.8, 4) is 0 Å². The molecule has 1 heterocycles. The number of aromatic nitrogens is 1. The maximum absolute atomic E-state index is 12.1. The van der Waals surface area contributed by atoms with Gasteiger partial charge in [0.25, 0.3) is 5.91 Å². The molecule has 0 saturated heterocycles. The Kier molecular flexibility index (Phi) is 5.76. The Bertz CT molecular complexity index is 463. The number of pyridine rings is 1. The Balaban J connectivity index is 2.82. The molecule has 1 unspecified atom stereocenters. The van der Waals surface area contributed by atoms with E-state index in [1.165, 1.54) is 6.20 Å². The first-order valence-electron chi connectivity index (χ1n) is 6.08. The highest BCUT2D eigenvalue weighted by molar-refractivity contribution is 6.32. The number of nitrogens with one attached hydrogen (secondary N) is 2. The number of carbonyl (C=O) groups is 2. The van der Waals surface area contributed by atoms with E-state index >= 15 is 0 Å². The molecular formula is C13H18ClN3O2. The van der Waals surface area contributed by atoms with Crippen LogP contribution in [0.15, 0.2) is 18.3 Å². The Morgan fingerprint density at radius 1 is 1.42 bits per heavy atom. The van der Waals surface area contributed by atoms with E-state index in [0.29, 0.717) is 6.42 Å². The summed E-state index contributed by atoms with van der Waals surface area (Å²) in [7, 11) is 1.54. The summed E-state index contributed by atoms with van der Waals surface area (Å²) in [5.41, 5.74) is 0.266. The first kappa shape index (κ1) is 15.4. The summed E-state index contributed by atoms with van der Waals surface area (Å²) in [6.07, 6.45) is 2.06. The van der Waals surface area contributed by atoms with E-state index in [2.05, 4.69) is 15.6 Å². The maximum Gasteiger partial charge on any atom is 0.255 e. The molecule has 1 aromatic heterocycles. The highest BCUT2D eigenvalue weighted by Crippen LogP contribution is 2.12. The first-order chi connectivity index (χ1) is 8.95. The summed E-state index contributed by atoms with van der Waals surface area (Å²) in [4.78, 5) is 27.6. The molecular weight excluding hydrogens is 266 g/mol. The second-order valence-corrected chi connectivity index (χ2v) is 4.97. The molecule has 2 amide bonds. The van der Waals surface area contributed by atoms with Gasteiger partial charge in [-0.1, -0.05) is 25.4 Å². The van der Waals surface area contributed by atoms with E-state index in [1.54, 1.807) is 19.2 Å². The van der Waals surface area contributed by atoms with Crippen LogP contribution in [0.1, 0.15) is 30.6 Å². The molecule has 0 spiro atoms. The number of carbonyl (C=O) groups excluding carboxylic acids is 2. The van der Waals surface area contributed by atoms with E-state index in [-0.39, 0.29) is 22.5 Å². The molecule has 0 bridgehead atoms. The Hall–Kier alpha value is -1.62. The Labute approximate surface area is 117 Å². The fraction of sp³-hybridized carbons (Fsp3) is 0.462. The maximum atomic E-state index is 12.1. The average Bonchev–Trinajstić information content (AvgIpc) is 2.36. The Morgan fingerprint density at radius 2 is 2.11 bits per heavy atom. The van der Waals surface area contributed by atoms with Crippen molar-refractivity contribution >= 4 is 23.4 Å². The van der Waals surface area contributed by atoms with Gasteiger partial charge in [-0.2, -0.15) is 0 Å². The van der Waals surface area contributed by atoms with Crippen molar-refractivity contribution in [3.63, 3.8) is 0 Å². The third-order valence-electron chi connectivity index (χ3n) is 2.58. The number of amides is 2. The molecule has 5 nitrogen and oxygen atoms in total. The van der Waals surface area contributed by atoms with Gasteiger partial charge in [0.2, 0.25) is 5.91 Å². The third kappa shape index (κ3) is 4.52. The highest BCUT2D eigenvalue weighted by Gasteiger charge is 2.22. The van der Waals surface area contributed by atoms with Crippen molar-refractivity contribution in [2.45, 2.75) is 26.3 Å². The van der Waals surface area contributed by atoms with E-state index in [4.69, 9.17) is 11.6 Å². The lowest BCUT2D eigenvalue weighted by molar-refractivity contribution is -0.122. The van der Waals surface area contributed by atoms with Gasteiger partial charge < -0.3 is 10.6 Å². The van der Waals surface area contributed by atoms with E-state index in [0.717, 1.165) is 0 Å². The van der Waals surface area contributed by atoms with Crippen LogP contribution in [0.3, 0.4) is 0 Å². The lowest BCUT2D eigenvalue weighted by atomic mass is 10.0. The van der Waals surface area contributed by atoms with Crippen molar-refractivity contribution in [2.75, 3.05) is 7.05 Å². The molecule has 0 aromatic carbocycles. The topological polar surface area (TPSA) is 71.1 Å². The first-order valence-corrected chi connectivity index (χ1v) is 6.46. The normalized spacial score (nSPS) is 12.1. The van der Waals surface area contributed by atoms with Crippen LogP contribution < -0.4 is 10.6 Å². The number of halogens is 1. The molecule has 1 rings (SSSR count). The molecule has 1 atom stereocenters. The molecule has 2 N–H and O–H groups in total. The van der Waals surface area contributed by atoms with Crippen LogP contribution in [0.4, 0.5) is 0 Å². The molecule has 0 aliphatic carbocycles. The molecule has 19 heavy (non-hydrogen) atoms. The van der Waals surface area contributed by atoms with E-state index in [1.807, 2.05) is 13.8 Å². The number of likely N-dealkylation sites (N-methyl/N-ethyl adjacent to an activating group) is 1. The fourth-order valence-corrected chi connectivity index (χ4v) is 1.87. The van der Waals surface area contributed by atoms with Gasteiger partial charge in [0, 0.05) is 13.2 Å². The third-order valence-corrected chi connectivity index (χ3v) is 2.88. The molecule has 6 heteroatoms. The quantitative estimate of drug-likeness (QED) is 0.807. The summed E-state index contributed by atoms with van der Waals surface area (Å²) in [5, 5.41) is 5.35. The minimum Gasteiger partial charge on any atom is -0.357 e. The Morgan fingerprint density at radius 3 is 2.63 bits per heavy atom. The summed E-state index contributed by atoms with van der Waals surface area (Å²) >= 11 is 5.85.